The quantitative estimate of drug-likeness (QED) is 0.589. The maximum atomic E-state index is 11.6. The van der Waals surface area contributed by atoms with E-state index in [0.717, 1.165) is 12.0 Å². The van der Waals surface area contributed by atoms with Gasteiger partial charge in [0, 0.05) is 6.54 Å². The summed E-state index contributed by atoms with van der Waals surface area (Å²) in [4.78, 5) is 11.6. The predicted octanol–water partition coefficient (Wildman–Crippen LogP) is 1.29. The van der Waals surface area contributed by atoms with Gasteiger partial charge in [0.05, 0.1) is 18.4 Å². The minimum atomic E-state index is -0.0475. The lowest BCUT2D eigenvalue weighted by molar-refractivity contribution is -0.118. The molecule has 22 heavy (non-hydrogen) atoms. The smallest absolute Gasteiger partial charge is 0.230 e. The van der Waals surface area contributed by atoms with Gasteiger partial charge in [-0.3, -0.25) is 4.79 Å². The summed E-state index contributed by atoms with van der Waals surface area (Å²) in [7, 11) is 1.59. The molecule has 0 bridgehead atoms. The first-order chi connectivity index (χ1) is 10.7. The van der Waals surface area contributed by atoms with Gasteiger partial charge in [-0.25, -0.2) is 4.68 Å². The molecule has 1 heterocycles. The Bertz CT molecular complexity index is 644. The number of nitrogen functional groups attached to an aromatic ring is 1. The highest BCUT2D eigenvalue weighted by molar-refractivity contribution is 7.99. The van der Waals surface area contributed by atoms with Crippen LogP contribution < -0.4 is 15.9 Å². The number of rotatable bonds is 7. The Labute approximate surface area is 133 Å². The number of benzene rings is 1. The molecule has 2 aromatic rings. The number of para-hydroxylation sites is 1. The van der Waals surface area contributed by atoms with Crippen molar-refractivity contribution in [3.8, 4) is 17.1 Å². The Kier molecular flexibility index (Phi) is 5.65. The summed E-state index contributed by atoms with van der Waals surface area (Å²) in [5.41, 5.74) is 0.752. The molecule has 1 aromatic carbocycles. The number of thioether (sulfide) groups is 1. The fourth-order valence-corrected chi connectivity index (χ4v) is 2.52. The Balaban J connectivity index is 2.11. The van der Waals surface area contributed by atoms with E-state index in [4.69, 9.17) is 10.6 Å². The molecule has 0 aliphatic rings. The first-order valence-corrected chi connectivity index (χ1v) is 7.89. The Morgan fingerprint density at radius 3 is 2.91 bits per heavy atom. The summed E-state index contributed by atoms with van der Waals surface area (Å²) in [6, 6.07) is 7.43. The van der Waals surface area contributed by atoms with E-state index in [9.17, 15) is 4.79 Å². The first-order valence-electron chi connectivity index (χ1n) is 6.90. The van der Waals surface area contributed by atoms with Crippen LogP contribution in [0.15, 0.2) is 29.4 Å². The molecule has 0 radical (unpaired) electrons. The van der Waals surface area contributed by atoms with Crippen LogP contribution in [0.1, 0.15) is 13.3 Å². The zero-order chi connectivity index (χ0) is 15.9. The van der Waals surface area contributed by atoms with Crippen LogP contribution in [0, 0.1) is 0 Å². The van der Waals surface area contributed by atoms with Crippen molar-refractivity contribution < 1.29 is 9.53 Å². The van der Waals surface area contributed by atoms with Crippen LogP contribution in [-0.2, 0) is 4.79 Å². The Morgan fingerprint density at radius 2 is 2.18 bits per heavy atom. The van der Waals surface area contributed by atoms with Crippen molar-refractivity contribution in [1.29, 1.82) is 0 Å². The van der Waals surface area contributed by atoms with Crippen molar-refractivity contribution in [2.45, 2.75) is 18.5 Å². The number of nitrogens with two attached hydrogens (primary N) is 1. The summed E-state index contributed by atoms with van der Waals surface area (Å²) in [6.07, 6.45) is 0.904. The topological polar surface area (TPSA) is 95.1 Å². The third kappa shape index (κ3) is 3.70. The van der Waals surface area contributed by atoms with Gasteiger partial charge in [-0.15, -0.1) is 10.2 Å². The summed E-state index contributed by atoms with van der Waals surface area (Å²) in [6.45, 7) is 2.67. The predicted molar refractivity (Wildman–Crippen MR) is 86.2 cm³/mol. The van der Waals surface area contributed by atoms with E-state index in [2.05, 4.69) is 15.5 Å². The molecule has 0 saturated heterocycles. The van der Waals surface area contributed by atoms with Gasteiger partial charge < -0.3 is 15.9 Å². The third-order valence-corrected chi connectivity index (χ3v) is 3.86. The number of carbonyl (C=O) groups excluding carboxylic acids is 1. The van der Waals surface area contributed by atoms with Crippen molar-refractivity contribution in [2.75, 3.05) is 25.3 Å². The minimum absolute atomic E-state index is 0.0475. The Morgan fingerprint density at radius 1 is 1.41 bits per heavy atom. The fraction of sp³-hybridized carbons (Fsp3) is 0.357. The number of nitrogens with zero attached hydrogens (tertiary/aromatic N) is 3. The van der Waals surface area contributed by atoms with E-state index in [1.165, 1.54) is 16.4 Å². The van der Waals surface area contributed by atoms with Gasteiger partial charge in [0.1, 0.15) is 5.75 Å². The summed E-state index contributed by atoms with van der Waals surface area (Å²) < 4.78 is 6.67. The van der Waals surface area contributed by atoms with E-state index >= 15 is 0 Å². The van der Waals surface area contributed by atoms with Crippen LogP contribution in [0.5, 0.6) is 5.75 Å². The van der Waals surface area contributed by atoms with Crippen LogP contribution >= 0.6 is 11.8 Å². The van der Waals surface area contributed by atoms with E-state index in [1.807, 2.05) is 31.2 Å². The van der Waals surface area contributed by atoms with Crippen molar-refractivity contribution >= 4 is 17.7 Å². The van der Waals surface area contributed by atoms with Gasteiger partial charge in [-0.1, -0.05) is 30.8 Å². The largest absolute Gasteiger partial charge is 0.496 e. The van der Waals surface area contributed by atoms with Crippen molar-refractivity contribution in [3.63, 3.8) is 0 Å². The van der Waals surface area contributed by atoms with Crippen molar-refractivity contribution in [3.05, 3.63) is 24.3 Å². The second-order valence-electron chi connectivity index (χ2n) is 4.52. The number of ether oxygens (including phenoxy) is 1. The molecule has 0 atom stereocenters. The number of hydrogen-bond acceptors (Lipinski definition) is 6. The first kappa shape index (κ1) is 16.2. The average molecular weight is 321 g/mol. The SMILES string of the molecule is CCCNC(=O)CSc1nnc(-c2ccccc2OC)n1N. The molecule has 0 spiro atoms. The molecule has 1 amide bonds. The van der Waals surface area contributed by atoms with Crippen molar-refractivity contribution in [1.82, 2.24) is 20.2 Å². The van der Waals surface area contributed by atoms with E-state index < -0.39 is 0 Å². The lowest BCUT2D eigenvalue weighted by Crippen LogP contribution is -2.26. The second-order valence-corrected chi connectivity index (χ2v) is 5.46. The lowest BCUT2D eigenvalue weighted by Gasteiger charge is -2.07. The molecular weight excluding hydrogens is 302 g/mol. The van der Waals surface area contributed by atoms with Crippen molar-refractivity contribution in [2.24, 2.45) is 0 Å². The molecular formula is C14H19N5O2S. The maximum Gasteiger partial charge on any atom is 0.230 e. The summed E-state index contributed by atoms with van der Waals surface area (Å²) in [5, 5.41) is 11.4. The van der Waals surface area contributed by atoms with Gasteiger partial charge in [-0.2, -0.15) is 0 Å². The standard InChI is InChI=1S/C14H19N5O2S/c1-3-8-16-12(20)9-22-14-18-17-13(19(14)15)10-6-4-5-7-11(10)21-2/h4-7H,3,8-9,15H2,1-2H3,(H,16,20). The van der Waals surface area contributed by atoms with Gasteiger partial charge in [0.2, 0.25) is 11.1 Å². The van der Waals surface area contributed by atoms with E-state index in [0.29, 0.717) is 23.3 Å². The minimum Gasteiger partial charge on any atom is -0.496 e. The molecule has 0 fully saturated rings. The highest BCUT2D eigenvalue weighted by Crippen LogP contribution is 2.29. The molecule has 1 aromatic heterocycles. The van der Waals surface area contributed by atoms with Gasteiger partial charge in [0.25, 0.3) is 0 Å². The average Bonchev–Trinajstić information content (AvgIpc) is 2.91. The normalized spacial score (nSPS) is 10.5. The molecule has 0 unspecified atom stereocenters. The fourth-order valence-electron chi connectivity index (χ4n) is 1.83. The number of methoxy groups -OCH3 is 1. The zero-order valence-electron chi connectivity index (χ0n) is 12.6. The number of hydrogen-bond donors (Lipinski definition) is 2. The van der Waals surface area contributed by atoms with E-state index in [1.54, 1.807) is 7.11 Å². The molecule has 0 aliphatic heterocycles. The van der Waals surface area contributed by atoms with Gasteiger partial charge in [0.15, 0.2) is 5.82 Å². The molecule has 3 N–H and O–H groups in total. The highest BCUT2D eigenvalue weighted by Gasteiger charge is 2.16. The molecule has 118 valence electrons. The van der Waals surface area contributed by atoms with Gasteiger partial charge in [-0.05, 0) is 18.6 Å². The Hall–Kier alpha value is -2.22. The number of aromatic nitrogens is 3. The lowest BCUT2D eigenvalue weighted by atomic mass is 10.2. The van der Waals surface area contributed by atoms with Crippen LogP contribution in [0.2, 0.25) is 0 Å². The number of nitrogens with one attached hydrogen (secondary N) is 1. The third-order valence-electron chi connectivity index (χ3n) is 2.92. The maximum absolute atomic E-state index is 11.6. The number of amides is 1. The molecule has 8 heteroatoms. The van der Waals surface area contributed by atoms with Gasteiger partial charge >= 0.3 is 0 Å². The molecule has 0 aliphatic carbocycles. The molecule has 0 saturated carbocycles. The second kappa shape index (κ2) is 7.69. The van der Waals surface area contributed by atoms with Crippen LogP contribution in [0.4, 0.5) is 0 Å². The summed E-state index contributed by atoms with van der Waals surface area (Å²) in [5.74, 6) is 7.39. The van der Waals surface area contributed by atoms with Crippen LogP contribution in [-0.4, -0.2) is 40.2 Å². The van der Waals surface area contributed by atoms with E-state index in [-0.39, 0.29) is 11.7 Å². The highest BCUT2D eigenvalue weighted by atomic mass is 32.2. The summed E-state index contributed by atoms with van der Waals surface area (Å²) >= 11 is 1.25. The molecule has 2 rings (SSSR count). The van der Waals surface area contributed by atoms with Crippen LogP contribution in [0.3, 0.4) is 0 Å². The molecule has 7 nitrogen and oxygen atoms in total. The monoisotopic (exact) mass is 321 g/mol. The van der Waals surface area contributed by atoms with Crippen LogP contribution in [0.25, 0.3) is 11.4 Å². The zero-order valence-corrected chi connectivity index (χ0v) is 13.4. The number of carbonyl (C=O) groups is 1.